The van der Waals surface area contributed by atoms with E-state index < -0.39 is 17.2 Å². The minimum Gasteiger partial charge on any atom is -0.493 e. The third-order valence-corrected chi connectivity index (χ3v) is 6.50. The van der Waals surface area contributed by atoms with E-state index in [1.807, 2.05) is 19.2 Å². The van der Waals surface area contributed by atoms with Gasteiger partial charge in [-0.05, 0) is 49.7 Å². The van der Waals surface area contributed by atoms with Gasteiger partial charge >= 0.3 is 0 Å². The molecule has 2 heterocycles. The molecule has 5 aromatic rings. The first kappa shape index (κ1) is 30.5. The number of halogens is 2. The molecule has 0 aliphatic rings. The van der Waals surface area contributed by atoms with E-state index in [2.05, 4.69) is 67.9 Å². The lowest BCUT2D eigenvalue weighted by atomic mass is 9.93. The van der Waals surface area contributed by atoms with Gasteiger partial charge in [-0.3, -0.25) is 0 Å². The molecule has 0 spiro atoms. The number of rotatable bonds is 13. The molecule has 5 rings (SSSR count). The third kappa shape index (κ3) is 9.02. The Balaban J connectivity index is 0.000000194. The number of hydrogen-bond donors (Lipinski definition) is 2. The lowest BCUT2D eigenvalue weighted by Gasteiger charge is -2.28. The summed E-state index contributed by atoms with van der Waals surface area (Å²) < 4.78 is 35.9. The van der Waals surface area contributed by atoms with Gasteiger partial charge in [0, 0.05) is 18.1 Å². The Morgan fingerprint density at radius 1 is 0.857 bits per heavy atom. The molecule has 0 unspecified atom stereocenters. The maximum Gasteiger partial charge on any atom is 0.137 e. The van der Waals surface area contributed by atoms with E-state index in [1.54, 1.807) is 0 Å². The lowest BCUT2D eigenvalue weighted by Crippen LogP contribution is -2.37. The summed E-state index contributed by atoms with van der Waals surface area (Å²) in [5, 5.41) is 21.9. The lowest BCUT2D eigenvalue weighted by molar-refractivity contribution is -0.00856. The molecular formula is C31H35F2N7O2. The fourth-order valence-corrected chi connectivity index (χ4v) is 4.44. The van der Waals surface area contributed by atoms with Gasteiger partial charge in [0.25, 0.3) is 0 Å². The quantitative estimate of drug-likeness (QED) is 0.201. The van der Waals surface area contributed by atoms with Crippen LogP contribution in [0.5, 0.6) is 5.75 Å². The first-order valence-corrected chi connectivity index (χ1v) is 13.7. The third-order valence-electron chi connectivity index (χ3n) is 6.50. The summed E-state index contributed by atoms with van der Waals surface area (Å²) in [5.74, 6) is -0.548. The molecule has 0 amide bonds. The highest BCUT2D eigenvalue weighted by Crippen LogP contribution is 2.28. The van der Waals surface area contributed by atoms with Gasteiger partial charge < -0.3 is 15.2 Å². The smallest absolute Gasteiger partial charge is 0.137 e. The predicted octanol–water partition coefficient (Wildman–Crippen LogP) is 4.39. The van der Waals surface area contributed by atoms with Crippen molar-refractivity contribution in [3.8, 4) is 5.75 Å². The normalized spacial score (nSPS) is 11.1. The van der Waals surface area contributed by atoms with Crippen molar-refractivity contribution in [3.05, 3.63) is 126 Å². The highest BCUT2D eigenvalue weighted by Gasteiger charge is 2.34. The van der Waals surface area contributed by atoms with Crippen molar-refractivity contribution in [2.24, 2.45) is 0 Å². The average Bonchev–Trinajstić information content (AvgIpc) is 3.69. The molecule has 220 valence electrons. The number of hydrogen-bond acceptors (Lipinski definition) is 7. The number of aliphatic hydroxyl groups is 1. The van der Waals surface area contributed by atoms with E-state index in [9.17, 15) is 13.9 Å². The largest absolute Gasteiger partial charge is 0.493 e. The molecule has 0 bridgehead atoms. The van der Waals surface area contributed by atoms with E-state index >= 15 is 0 Å². The Labute approximate surface area is 243 Å². The minimum absolute atomic E-state index is 0.0556. The summed E-state index contributed by atoms with van der Waals surface area (Å²) >= 11 is 0. The molecule has 3 aromatic carbocycles. The summed E-state index contributed by atoms with van der Waals surface area (Å²) in [4.78, 5) is 7.57. The summed E-state index contributed by atoms with van der Waals surface area (Å²) in [6.07, 6.45) is 8.56. The molecule has 0 fully saturated rings. The maximum absolute atomic E-state index is 14.1. The highest BCUT2D eigenvalue weighted by atomic mass is 19.1. The van der Waals surface area contributed by atoms with Crippen LogP contribution in [0.15, 0.2) is 98.1 Å². The molecule has 2 N–H and O–H groups in total. The van der Waals surface area contributed by atoms with E-state index in [0.29, 0.717) is 0 Å². The number of aromatic nitrogens is 6. The number of para-hydroxylation sites is 1. The highest BCUT2D eigenvalue weighted by molar-refractivity contribution is 5.37. The van der Waals surface area contributed by atoms with Crippen LogP contribution < -0.4 is 10.1 Å². The zero-order chi connectivity index (χ0) is 29.6. The van der Waals surface area contributed by atoms with Gasteiger partial charge in [-0.25, -0.2) is 28.1 Å². The molecule has 9 nitrogen and oxygen atoms in total. The van der Waals surface area contributed by atoms with E-state index in [1.165, 1.54) is 51.9 Å². The number of benzene rings is 3. The van der Waals surface area contributed by atoms with Gasteiger partial charge in [-0.1, -0.05) is 54.6 Å². The van der Waals surface area contributed by atoms with Crippen LogP contribution in [0.4, 0.5) is 8.78 Å². The number of unbranched alkanes of at least 4 members (excludes halogenated alkanes) is 1. The minimum atomic E-state index is -1.70. The van der Waals surface area contributed by atoms with E-state index in [4.69, 9.17) is 4.74 Å². The van der Waals surface area contributed by atoms with Gasteiger partial charge in [0.15, 0.2) is 0 Å². The van der Waals surface area contributed by atoms with Crippen molar-refractivity contribution >= 4 is 0 Å². The number of nitrogens with one attached hydrogen (secondary N) is 1. The SMILES string of the molecule is CNCCCCOc1ccccc1Cc1ccccc1.OC(Cn1cncn1)(Cn1cncn1)c1ccc(F)cc1F. The molecule has 0 atom stereocenters. The first-order valence-electron chi connectivity index (χ1n) is 13.7. The van der Waals surface area contributed by atoms with Crippen LogP contribution in [-0.2, 0) is 25.1 Å². The summed E-state index contributed by atoms with van der Waals surface area (Å²) in [7, 11) is 1.98. The van der Waals surface area contributed by atoms with Crippen molar-refractivity contribution in [1.82, 2.24) is 34.8 Å². The molecule has 2 aromatic heterocycles. The van der Waals surface area contributed by atoms with Crippen LogP contribution in [0.3, 0.4) is 0 Å². The zero-order valence-electron chi connectivity index (χ0n) is 23.5. The standard InChI is InChI=1S/C18H23NO.C13H12F2N6O/c1-19-13-7-8-14-20-18-12-6-5-11-17(18)15-16-9-3-2-4-10-16;14-10-1-2-11(12(15)3-10)13(22,4-20-8-16-6-18-20)5-21-9-17-7-19-21/h2-6,9-12,19H,7-8,13-15H2,1H3;1-3,6-9,22H,4-5H2. The van der Waals surface area contributed by atoms with Crippen molar-refractivity contribution in [1.29, 1.82) is 0 Å². The second-order valence-corrected chi connectivity index (χ2v) is 9.77. The molecule has 0 radical (unpaired) electrons. The Hall–Kier alpha value is -4.48. The van der Waals surface area contributed by atoms with E-state index in [0.717, 1.165) is 50.3 Å². The van der Waals surface area contributed by atoms with Crippen LogP contribution in [0, 0.1) is 11.6 Å². The van der Waals surface area contributed by atoms with Crippen molar-refractivity contribution in [2.75, 3.05) is 20.2 Å². The Bertz CT molecular complexity index is 1430. The summed E-state index contributed by atoms with van der Waals surface area (Å²) in [6, 6.07) is 21.9. The van der Waals surface area contributed by atoms with Crippen LogP contribution in [0.1, 0.15) is 29.5 Å². The predicted molar refractivity (Wildman–Crippen MR) is 155 cm³/mol. The maximum atomic E-state index is 14.1. The molecular weight excluding hydrogens is 540 g/mol. The molecule has 0 aliphatic heterocycles. The summed E-state index contributed by atoms with van der Waals surface area (Å²) in [5.41, 5.74) is 0.824. The molecule has 0 saturated heterocycles. The fourth-order valence-electron chi connectivity index (χ4n) is 4.44. The van der Waals surface area contributed by atoms with Crippen LogP contribution in [0.2, 0.25) is 0 Å². The van der Waals surface area contributed by atoms with Crippen molar-refractivity contribution < 1.29 is 18.6 Å². The van der Waals surface area contributed by atoms with Gasteiger partial charge in [0.1, 0.15) is 48.3 Å². The topological polar surface area (TPSA) is 103 Å². The van der Waals surface area contributed by atoms with Crippen molar-refractivity contribution in [3.63, 3.8) is 0 Å². The fraction of sp³-hybridized carbons (Fsp3) is 0.290. The van der Waals surface area contributed by atoms with Crippen LogP contribution in [-0.4, -0.2) is 54.8 Å². The van der Waals surface area contributed by atoms with E-state index in [-0.39, 0.29) is 18.7 Å². The Morgan fingerprint density at radius 3 is 2.14 bits per heavy atom. The second-order valence-electron chi connectivity index (χ2n) is 9.77. The van der Waals surface area contributed by atoms with Gasteiger partial charge in [-0.2, -0.15) is 10.2 Å². The second kappa shape index (κ2) is 15.5. The number of ether oxygens (including phenoxy) is 1. The Morgan fingerprint density at radius 2 is 1.52 bits per heavy atom. The van der Waals surface area contributed by atoms with Crippen LogP contribution >= 0.6 is 0 Å². The monoisotopic (exact) mass is 575 g/mol. The molecule has 42 heavy (non-hydrogen) atoms. The molecule has 0 saturated carbocycles. The average molecular weight is 576 g/mol. The van der Waals surface area contributed by atoms with Gasteiger partial charge in [0.05, 0.1) is 19.7 Å². The summed E-state index contributed by atoms with van der Waals surface area (Å²) in [6.45, 7) is 1.69. The Kier molecular flexibility index (Phi) is 11.2. The van der Waals surface area contributed by atoms with Crippen molar-refractivity contribution in [2.45, 2.75) is 38.0 Å². The van der Waals surface area contributed by atoms with Crippen LogP contribution in [0.25, 0.3) is 0 Å². The van der Waals surface area contributed by atoms with Gasteiger partial charge in [0.2, 0.25) is 0 Å². The first-order chi connectivity index (χ1) is 20.5. The zero-order valence-corrected chi connectivity index (χ0v) is 23.5. The molecule has 11 heteroatoms. The van der Waals surface area contributed by atoms with Gasteiger partial charge in [-0.15, -0.1) is 0 Å². The molecule has 0 aliphatic carbocycles. The number of nitrogens with zero attached hydrogens (tertiary/aromatic N) is 6.